The molecular formula is C13H21ClO5S. The van der Waals surface area contributed by atoms with Crippen LogP contribution in [0.4, 0.5) is 0 Å². The molecule has 5 nitrogen and oxygen atoms in total. The van der Waals surface area contributed by atoms with E-state index in [4.69, 9.17) is 20.9 Å². The van der Waals surface area contributed by atoms with E-state index in [1.54, 1.807) is 0 Å². The van der Waals surface area contributed by atoms with Crippen LogP contribution in [0.5, 0.6) is 0 Å². The zero-order valence-corrected chi connectivity index (χ0v) is 13.0. The first-order valence-corrected chi connectivity index (χ1v) is 8.81. The van der Waals surface area contributed by atoms with Gasteiger partial charge >= 0.3 is 0 Å². The molecular weight excluding hydrogens is 304 g/mol. The smallest absolute Gasteiger partial charge is 0.261 e. The SMILES string of the molecule is CS(=O)(=O)O.OCC1CC2C=CC=CC21OCCCCl. The molecule has 2 rings (SSSR count). The lowest BCUT2D eigenvalue weighted by molar-refractivity contribution is -0.155. The zero-order chi connectivity index (χ0) is 15.2. The van der Waals surface area contributed by atoms with Crippen molar-refractivity contribution in [3.63, 3.8) is 0 Å². The Morgan fingerprint density at radius 2 is 2.10 bits per heavy atom. The summed E-state index contributed by atoms with van der Waals surface area (Å²) in [7, 11) is -3.67. The van der Waals surface area contributed by atoms with Crippen LogP contribution >= 0.6 is 11.6 Å². The maximum absolute atomic E-state index is 9.28. The Labute approximate surface area is 125 Å². The quantitative estimate of drug-likeness (QED) is 0.456. The number of aliphatic hydroxyl groups is 1. The standard InChI is InChI=1S/C12H17ClO2.CH4O3S/c13-6-3-7-15-12-5-2-1-4-10(12)8-11(12)9-14;1-5(2,3)4/h1-2,4-5,10-11,14H,3,6-9H2;1H3,(H,2,3,4). The Morgan fingerprint density at radius 3 is 2.60 bits per heavy atom. The average Bonchev–Trinajstić information content (AvgIpc) is 2.32. The van der Waals surface area contributed by atoms with E-state index < -0.39 is 10.1 Å². The molecule has 0 spiro atoms. The highest BCUT2D eigenvalue weighted by molar-refractivity contribution is 7.85. The fraction of sp³-hybridized carbons (Fsp3) is 0.692. The number of hydrogen-bond acceptors (Lipinski definition) is 4. The third kappa shape index (κ3) is 4.86. The van der Waals surface area contributed by atoms with Gasteiger partial charge in [0.15, 0.2) is 0 Å². The van der Waals surface area contributed by atoms with Crippen molar-refractivity contribution in [2.75, 3.05) is 25.3 Å². The highest BCUT2D eigenvalue weighted by Gasteiger charge is 2.53. The van der Waals surface area contributed by atoms with Gasteiger partial charge in [-0.2, -0.15) is 8.42 Å². The first kappa shape index (κ1) is 17.7. The molecule has 20 heavy (non-hydrogen) atoms. The van der Waals surface area contributed by atoms with Crippen LogP contribution in [0, 0.1) is 11.8 Å². The maximum Gasteiger partial charge on any atom is 0.261 e. The fourth-order valence-corrected chi connectivity index (χ4v) is 2.61. The van der Waals surface area contributed by atoms with Gasteiger partial charge in [0.25, 0.3) is 10.1 Å². The molecule has 7 heteroatoms. The molecule has 2 N–H and O–H groups in total. The van der Waals surface area contributed by atoms with Gasteiger partial charge in [-0.25, -0.2) is 0 Å². The van der Waals surface area contributed by atoms with Gasteiger partial charge in [0, 0.05) is 30.9 Å². The molecule has 2 aliphatic carbocycles. The molecule has 0 bridgehead atoms. The van der Waals surface area contributed by atoms with Crippen molar-refractivity contribution in [2.45, 2.75) is 18.4 Å². The zero-order valence-electron chi connectivity index (χ0n) is 11.4. The van der Waals surface area contributed by atoms with E-state index in [1.807, 2.05) is 6.08 Å². The summed E-state index contributed by atoms with van der Waals surface area (Å²) in [5, 5.41) is 9.28. The van der Waals surface area contributed by atoms with Crippen molar-refractivity contribution in [3.05, 3.63) is 24.3 Å². The van der Waals surface area contributed by atoms with Crippen molar-refractivity contribution in [1.29, 1.82) is 0 Å². The molecule has 0 aliphatic heterocycles. The van der Waals surface area contributed by atoms with Gasteiger partial charge in [0.2, 0.25) is 0 Å². The molecule has 1 saturated carbocycles. The van der Waals surface area contributed by atoms with E-state index in [9.17, 15) is 13.5 Å². The van der Waals surface area contributed by atoms with Crippen molar-refractivity contribution >= 4 is 21.7 Å². The number of ether oxygens (including phenoxy) is 1. The predicted molar refractivity (Wildman–Crippen MR) is 78.5 cm³/mol. The van der Waals surface area contributed by atoms with E-state index >= 15 is 0 Å². The summed E-state index contributed by atoms with van der Waals surface area (Å²) in [5.41, 5.74) is -0.241. The largest absolute Gasteiger partial charge is 0.396 e. The van der Waals surface area contributed by atoms with Crippen molar-refractivity contribution in [3.8, 4) is 0 Å². The summed E-state index contributed by atoms with van der Waals surface area (Å²) < 4.78 is 31.8. The maximum atomic E-state index is 9.28. The van der Waals surface area contributed by atoms with Gasteiger partial charge in [-0.3, -0.25) is 4.55 Å². The summed E-state index contributed by atoms with van der Waals surface area (Å²) >= 11 is 5.63. The molecule has 2 aliphatic rings. The Bertz CT molecular complexity index is 451. The molecule has 0 heterocycles. The Morgan fingerprint density at radius 1 is 1.45 bits per heavy atom. The van der Waals surface area contributed by atoms with Gasteiger partial charge in [-0.1, -0.05) is 24.3 Å². The van der Waals surface area contributed by atoms with Crippen LogP contribution in [0.3, 0.4) is 0 Å². The first-order chi connectivity index (χ1) is 9.33. The monoisotopic (exact) mass is 324 g/mol. The number of aliphatic hydroxyl groups excluding tert-OH is 1. The average molecular weight is 325 g/mol. The summed E-state index contributed by atoms with van der Waals surface area (Å²) in [4.78, 5) is 0. The fourth-order valence-electron chi connectivity index (χ4n) is 2.50. The lowest BCUT2D eigenvalue weighted by atomic mass is 9.59. The van der Waals surface area contributed by atoms with Crippen LogP contribution < -0.4 is 0 Å². The van der Waals surface area contributed by atoms with Crippen LogP contribution in [0.1, 0.15) is 12.8 Å². The predicted octanol–water partition coefficient (Wildman–Crippen LogP) is 1.63. The van der Waals surface area contributed by atoms with Crippen LogP contribution in [0.15, 0.2) is 24.3 Å². The molecule has 116 valence electrons. The molecule has 0 aromatic heterocycles. The molecule has 0 aromatic rings. The number of hydrogen-bond donors (Lipinski definition) is 2. The van der Waals surface area contributed by atoms with Crippen molar-refractivity contribution in [2.24, 2.45) is 11.8 Å². The van der Waals surface area contributed by atoms with E-state index in [2.05, 4.69) is 18.2 Å². The highest BCUT2D eigenvalue weighted by atomic mass is 35.5. The van der Waals surface area contributed by atoms with E-state index in [0.29, 0.717) is 24.7 Å². The van der Waals surface area contributed by atoms with Crippen LogP contribution in [0.25, 0.3) is 0 Å². The second-order valence-electron chi connectivity index (χ2n) is 4.94. The normalized spacial score (nSPS) is 31.0. The van der Waals surface area contributed by atoms with Gasteiger partial charge < -0.3 is 9.84 Å². The molecule has 0 radical (unpaired) electrons. The summed E-state index contributed by atoms with van der Waals surface area (Å²) in [5.74, 6) is 1.32. The van der Waals surface area contributed by atoms with Crippen molar-refractivity contribution in [1.82, 2.24) is 0 Å². The highest BCUT2D eigenvalue weighted by Crippen LogP contribution is 2.50. The molecule has 0 amide bonds. The Hall–Kier alpha value is -0.400. The van der Waals surface area contributed by atoms with E-state index in [1.165, 1.54) is 0 Å². The van der Waals surface area contributed by atoms with Gasteiger partial charge in [-0.15, -0.1) is 11.6 Å². The first-order valence-electron chi connectivity index (χ1n) is 6.42. The topological polar surface area (TPSA) is 83.8 Å². The van der Waals surface area contributed by atoms with Crippen molar-refractivity contribution < 1.29 is 22.8 Å². The number of alkyl halides is 1. The lowest BCUT2D eigenvalue weighted by Gasteiger charge is -2.53. The number of rotatable bonds is 5. The van der Waals surface area contributed by atoms with Gasteiger partial charge in [0.1, 0.15) is 0 Å². The minimum Gasteiger partial charge on any atom is -0.396 e. The van der Waals surface area contributed by atoms with Gasteiger partial charge in [-0.05, 0) is 12.8 Å². The minimum absolute atomic E-state index is 0.204. The van der Waals surface area contributed by atoms with Crippen LogP contribution in [-0.2, 0) is 14.9 Å². The second-order valence-corrected chi connectivity index (χ2v) is 6.79. The molecule has 1 fully saturated rings. The summed E-state index contributed by atoms with van der Waals surface area (Å²) in [6.07, 6.45) is 10.9. The third-order valence-electron chi connectivity index (χ3n) is 3.42. The molecule has 0 aromatic carbocycles. The Kier molecular flexibility index (Phi) is 6.68. The number of allylic oxidation sites excluding steroid dienone is 2. The second kappa shape index (κ2) is 7.56. The summed E-state index contributed by atoms with van der Waals surface area (Å²) in [6, 6.07) is 0. The minimum atomic E-state index is -3.67. The third-order valence-corrected chi connectivity index (χ3v) is 3.68. The Balaban J connectivity index is 0.000000347. The van der Waals surface area contributed by atoms with Gasteiger partial charge in [0.05, 0.1) is 11.9 Å². The van der Waals surface area contributed by atoms with E-state index in [0.717, 1.165) is 12.8 Å². The van der Waals surface area contributed by atoms with Crippen LogP contribution in [0.2, 0.25) is 0 Å². The van der Waals surface area contributed by atoms with Crippen LogP contribution in [-0.4, -0.2) is 49.0 Å². The number of fused-ring (bicyclic) bond motifs is 1. The molecule has 3 unspecified atom stereocenters. The molecule has 0 saturated heterocycles. The number of halogens is 1. The lowest BCUT2D eigenvalue weighted by Crippen LogP contribution is -2.57. The summed E-state index contributed by atoms with van der Waals surface area (Å²) in [6.45, 7) is 0.879. The van der Waals surface area contributed by atoms with E-state index in [-0.39, 0.29) is 18.1 Å². The molecule has 3 atom stereocenters.